The molecule has 2 aliphatic heterocycles. The fraction of sp³-hybridized carbons (Fsp3) is 0.462. The quantitative estimate of drug-likeness (QED) is 0.541. The van der Waals surface area contributed by atoms with E-state index in [2.05, 4.69) is 10.2 Å². The molecule has 4 rings (SSSR count). The summed E-state index contributed by atoms with van der Waals surface area (Å²) in [4.78, 5) is 27.8. The van der Waals surface area contributed by atoms with Gasteiger partial charge in [0.25, 0.3) is 0 Å². The molecular weight excluding hydrogens is 452 g/mol. The molecule has 0 aliphatic carbocycles. The van der Waals surface area contributed by atoms with Gasteiger partial charge in [0.15, 0.2) is 28.8 Å². The normalized spacial score (nSPS) is 15.9. The number of nitrogens with one attached hydrogen (secondary N) is 1. The number of piperidine rings is 1. The van der Waals surface area contributed by atoms with Gasteiger partial charge in [-0.3, -0.25) is 9.59 Å². The monoisotopic (exact) mass is 484 g/mol. The Kier molecular flexibility index (Phi) is 7.97. The van der Waals surface area contributed by atoms with Crippen molar-refractivity contribution in [2.75, 3.05) is 59.5 Å². The SMILES string of the molecule is COc1cc(NC(=O)CCN2CCC(C(=O)c3ccc4c(c3)OCCO4)CC2)cc(OC)c1OC. The van der Waals surface area contributed by atoms with Crippen molar-refractivity contribution >= 4 is 17.4 Å². The molecule has 0 saturated carbocycles. The van der Waals surface area contributed by atoms with Crippen LogP contribution in [0.25, 0.3) is 0 Å². The van der Waals surface area contributed by atoms with Gasteiger partial charge >= 0.3 is 0 Å². The second-order valence-electron chi connectivity index (χ2n) is 8.55. The maximum atomic E-state index is 13.0. The van der Waals surface area contributed by atoms with Gasteiger partial charge in [0.2, 0.25) is 11.7 Å². The van der Waals surface area contributed by atoms with E-state index in [0.717, 1.165) is 25.9 Å². The number of nitrogens with zero attached hydrogens (tertiary/aromatic N) is 1. The molecule has 1 saturated heterocycles. The van der Waals surface area contributed by atoms with Gasteiger partial charge in [-0.25, -0.2) is 0 Å². The van der Waals surface area contributed by atoms with Crippen LogP contribution in [0.4, 0.5) is 5.69 Å². The van der Waals surface area contributed by atoms with Gasteiger partial charge in [-0.2, -0.15) is 0 Å². The Morgan fingerprint density at radius 1 is 0.943 bits per heavy atom. The number of hydrogen-bond donors (Lipinski definition) is 1. The van der Waals surface area contributed by atoms with Crippen LogP contribution in [-0.2, 0) is 4.79 Å². The number of anilines is 1. The smallest absolute Gasteiger partial charge is 0.225 e. The van der Waals surface area contributed by atoms with Crippen molar-refractivity contribution in [3.63, 3.8) is 0 Å². The van der Waals surface area contributed by atoms with Gasteiger partial charge in [-0.05, 0) is 44.1 Å². The van der Waals surface area contributed by atoms with Crippen molar-refractivity contribution in [3.05, 3.63) is 35.9 Å². The average molecular weight is 485 g/mol. The van der Waals surface area contributed by atoms with E-state index in [0.29, 0.717) is 66.2 Å². The number of amides is 1. The number of carbonyl (C=O) groups excluding carboxylic acids is 2. The highest BCUT2D eigenvalue weighted by Crippen LogP contribution is 2.40. The van der Waals surface area contributed by atoms with Crippen LogP contribution in [0.1, 0.15) is 29.6 Å². The van der Waals surface area contributed by atoms with E-state index in [-0.39, 0.29) is 17.6 Å². The van der Waals surface area contributed by atoms with E-state index in [9.17, 15) is 9.59 Å². The zero-order valence-electron chi connectivity index (χ0n) is 20.4. The number of fused-ring (bicyclic) bond motifs is 1. The van der Waals surface area contributed by atoms with Crippen LogP contribution in [-0.4, -0.2) is 70.8 Å². The summed E-state index contributed by atoms with van der Waals surface area (Å²) in [7, 11) is 4.60. The Balaban J connectivity index is 1.26. The van der Waals surface area contributed by atoms with Crippen molar-refractivity contribution in [2.45, 2.75) is 19.3 Å². The lowest BCUT2D eigenvalue weighted by molar-refractivity contribution is -0.116. The second kappa shape index (κ2) is 11.3. The first-order chi connectivity index (χ1) is 17.0. The number of hydrogen-bond acceptors (Lipinski definition) is 8. The zero-order chi connectivity index (χ0) is 24.8. The molecule has 0 spiro atoms. The summed E-state index contributed by atoms with van der Waals surface area (Å²) in [5.74, 6) is 2.77. The molecule has 0 atom stereocenters. The van der Waals surface area contributed by atoms with Gasteiger partial charge in [-0.15, -0.1) is 0 Å². The Bertz CT molecular complexity index is 1040. The number of likely N-dealkylation sites (tertiary alicyclic amines) is 1. The molecule has 0 radical (unpaired) electrons. The van der Waals surface area contributed by atoms with Crippen LogP contribution in [0.15, 0.2) is 30.3 Å². The highest BCUT2D eigenvalue weighted by molar-refractivity contribution is 5.98. The van der Waals surface area contributed by atoms with E-state index in [1.165, 1.54) is 21.3 Å². The minimum atomic E-state index is -0.103. The highest BCUT2D eigenvalue weighted by atomic mass is 16.6. The minimum Gasteiger partial charge on any atom is -0.493 e. The van der Waals surface area contributed by atoms with Crippen LogP contribution >= 0.6 is 0 Å². The number of carbonyl (C=O) groups is 2. The Morgan fingerprint density at radius 3 is 2.23 bits per heavy atom. The number of rotatable bonds is 9. The van der Waals surface area contributed by atoms with E-state index in [4.69, 9.17) is 23.7 Å². The molecule has 2 aromatic rings. The molecule has 0 unspecified atom stereocenters. The average Bonchev–Trinajstić information content (AvgIpc) is 2.90. The van der Waals surface area contributed by atoms with Crippen LogP contribution in [0.5, 0.6) is 28.7 Å². The molecule has 2 aromatic carbocycles. The molecule has 0 aromatic heterocycles. The third-order valence-electron chi connectivity index (χ3n) is 6.39. The summed E-state index contributed by atoms with van der Waals surface area (Å²) >= 11 is 0. The van der Waals surface area contributed by atoms with Crippen LogP contribution < -0.4 is 29.0 Å². The number of Topliss-reactive ketones (excluding diaryl/α,β-unsaturated/α-hetero) is 1. The molecule has 1 amide bonds. The summed E-state index contributed by atoms with van der Waals surface area (Å²) in [6, 6.07) is 8.82. The van der Waals surface area contributed by atoms with E-state index >= 15 is 0 Å². The third-order valence-corrected chi connectivity index (χ3v) is 6.39. The Morgan fingerprint density at radius 2 is 1.60 bits per heavy atom. The summed E-state index contributed by atoms with van der Waals surface area (Å²) in [5.41, 5.74) is 1.24. The molecule has 1 fully saturated rings. The van der Waals surface area contributed by atoms with E-state index < -0.39 is 0 Å². The van der Waals surface area contributed by atoms with Gasteiger partial charge in [0.1, 0.15) is 13.2 Å². The molecule has 9 nitrogen and oxygen atoms in total. The lowest BCUT2D eigenvalue weighted by Gasteiger charge is -2.31. The van der Waals surface area contributed by atoms with Crippen LogP contribution in [0.3, 0.4) is 0 Å². The second-order valence-corrected chi connectivity index (χ2v) is 8.55. The van der Waals surface area contributed by atoms with Crippen molar-refractivity contribution in [1.82, 2.24) is 4.90 Å². The van der Waals surface area contributed by atoms with Crippen molar-refractivity contribution in [2.24, 2.45) is 5.92 Å². The molecule has 0 bridgehead atoms. The minimum absolute atomic E-state index is 0.0261. The Labute approximate surface area is 205 Å². The van der Waals surface area contributed by atoms with Gasteiger partial charge < -0.3 is 33.9 Å². The molecule has 2 aliphatic rings. The first-order valence-corrected chi connectivity index (χ1v) is 11.8. The molecule has 9 heteroatoms. The molecule has 188 valence electrons. The summed E-state index contributed by atoms with van der Waals surface area (Å²) in [6.07, 6.45) is 1.88. The summed E-state index contributed by atoms with van der Waals surface area (Å²) in [5, 5.41) is 2.90. The lowest BCUT2D eigenvalue weighted by atomic mass is 9.88. The topological polar surface area (TPSA) is 95.6 Å². The highest BCUT2D eigenvalue weighted by Gasteiger charge is 2.27. The number of methoxy groups -OCH3 is 3. The van der Waals surface area contributed by atoms with Gasteiger partial charge in [-0.1, -0.05) is 0 Å². The predicted octanol–water partition coefficient (Wildman–Crippen LogP) is 3.41. The molecule has 2 heterocycles. The zero-order valence-corrected chi connectivity index (χ0v) is 20.4. The van der Waals surface area contributed by atoms with Crippen LogP contribution in [0.2, 0.25) is 0 Å². The first kappa shape index (κ1) is 24.7. The van der Waals surface area contributed by atoms with E-state index in [1.807, 2.05) is 12.1 Å². The standard InChI is InChI=1S/C26H32N2O7/c1-31-22-15-19(16-23(32-2)26(22)33-3)27-24(29)8-11-28-9-6-17(7-10-28)25(30)18-4-5-20-21(14-18)35-13-12-34-20/h4-5,14-17H,6-13H2,1-3H3,(H,27,29). The maximum Gasteiger partial charge on any atom is 0.225 e. The molecule has 35 heavy (non-hydrogen) atoms. The van der Waals surface area contributed by atoms with Gasteiger partial charge in [0, 0.05) is 42.3 Å². The summed E-state index contributed by atoms with van der Waals surface area (Å²) < 4.78 is 27.1. The van der Waals surface area contributed by atoms with Crippen molar-refractivity contribution < 1.29 is 33.3 Å². The molecule has 1 N–H and O–H groups in total. The fourth-order valence-corrected chi connectivity index (χ4v) is 4.49. The molecular formula is C26H32N2O7. The third kappa shape index (κ3) is 5.79. The van der Waals surface area contributed by atoms with Crippen molar-refractivity contribution in [1.29, 1.82) is 0 Å². The maximum absolute atomic E-state index is 13.0. The Hall–Kier alpha value is -3.46. The first-order valence-electron chi connectivity index (χ1n) is 11.8. The van der Waals surface area contributed by atoms with Crippen molar-refractivity contribution in [3.8, 4) is 28.7 Å². The number of ether oxygens (including phenoxy) is 5. The fourth-order valence-electron chi connectivity index (χ4n) is 4.49. The number of ketones is 1. The van der Waals surface area contributed by atoms with E-state index in [1.54, 1.807) is 18.2 Å². The predicted molar refractivity (Wildman–Crippen MR) is 130 cm³/mol. The van der Waals surface area contributed by atoms with Crippen LogP contribution in [0, 0.1) is 5.92 Å². The van der Waals surface area contributed by atoms with Gasteiger partial charge in [0.05, 0.1) is 21.3 Å². The summed E-state index contributed by atoms with van der Waals surface area (Å²) in [6.45, 7) is 3.20. The largest absolute Gasteiger partial charge is 0.493 e. The lowest BCUT2D eigenvalue weighted by Crippen LogP contribution is -2.38. The number of benzene rings is 2.